The number of esters is 1. The van der Waals surface area contributed by atoms with Crippen LogP contribution in [0.2, 0.25) is 5.02 Å². The van der Waals surface area contributed by atoms with Gasteiger partial charge in [-0.15, -0.1) is 0 Å². The number of aliphatic carboxylic acids is 1. The van der Waals surface area contributed by atoms with Crippen molar-refractivity contribution in [3.63, 3.8) is 0 Å². The molecule has 0 radical (unpaired) electrons. The molecule has 1 atom stereocenters. The second kappa shape index (κ2) is 13.4. The molecule has 3 aromatic rings. The first-order chi connectivity index (χ1) is 17.4. The zero-order valence-electron chi connectivity index (χ0n) is 20.5. The number of carboxylic acid groups (broad SMARTS) is 1. The average Bonchev–Trinajstić information content (AvgIpc) is 2.87. The first kappa shape index (κ1) is 27.6. The summed E-state index contributed by atoms with van der Waals surface area (Å²) < 4.78 is 11.0. The van der Waals surface area contributed by atoms with Crippen LogP contribution in [0.5, 0.6) is 5.75 Å². The molecule has 3 aromatic carbocycles. The molecule has 0 saturated heterocycles. The largest absolute Gasteiger partial charge is 0.489 e. The molecule has 0 spiro atoms. The second-order valence-corrected chi connectivity index (χ2v) is 9.97. The highest BCUT2D eigenvalue weighted by Crippen LogP contribution is 2.35. The van der Waals surface area contributed by atoms with Crippen molar-refractivity contribution in [1.29, 1.82) is 0 Å². The summed E-state index contributed by atoms with van der Waals surface area (Å²) in [5, 5.41) is 10.3. The van der Waals surface area contributed by atoms with E-state index in [0.717, 1.165) is 26.7 Å². The maximum absolute atomic E-state index is 12.4. The molecular weight excluding hydrogens is 496 g/mol. The highest BCUT2D eigenvalue weighted by atomic mass is 35.5. The smallest absolute Gasteiger partial charge is 0.323 e. The van der Waals surface area contributed by atoms with Crippen LogP contribution in [-0.4, -0.2) is 23.7 Å². The summed E-state index contributed by atoms with van der Waals surface area (Å²) in [6.07, 6.45) is 1.45. The number of carbonyl (C=O) groups excluding carboxylic acids is 1. The van der Waals surface area contributed by atoms with E-state index in [4.69, 9.17) is 21.1 Å². The number of rotatable bonds is 13. The normalized spacial score (nSPS) is 12.5. The molecule has 1 N–H and O–H groups in total. The highest BCUT2D eigenvalue weighted by Gasteiger charge is 2.45. The minimum absolute atomic E-state index is 0.154. The van der Waals surface area contributed by atoms with E-state index >= 15 is 0 Å². The lowest BCUT2D eigenvalue weighted by Gasteiger charge is -2.25. The van der Waals surface area contributed by atoms with Gasteiger partial charge in [0, 0.05) is 14.8 Å². The number of carbonyl (C=O) groups is 2. The number of benzene rings is 3. The van der Waals surface area contributed by atoms with Crippen LogP contribution in [0, 0.1) is 5.41 Å². The Labute approximate surface area is 221 Å². The highest BCUT2D eigenvalue weighted by molar-refractivity contribution is 7.99. The summed E-state index contributed by atoms with van der Waals surface area (Å²) in [4.78, 5) is 26.3. The molecule has 5 nitrogen and oxygen atoms in total. The van der Waals surface area contributed by atoms with E-state index in [-0.39, 0.29) is 19.4 Å². The summed E-state index contributed by atoms with van der Waals surface area (Å²) in [5.41, 5.74) is 0.506. The third-order valence-electron chi connectivity index (χ3n) is 6.04. The zero-order chi connectivity index (χ0) is 26.0. The van der Waals surface area contributed by atoms with Crippen molar-refractivity contribution in [2.75, 3.05) is 6.61 Å². The minimum atomic E-state index is -1.52. The monoisotopic (exact) mass is 526 g/mol. The number of hydrogen-bond acceptors (Lipinski definition) is 5. The standard InChI is InChI=1S/C29H31ClO5S/c1-3-29(27(31)32,28(33)34-4-2)17-9-12-22-15-16-25(19-26(22)30)36-24-14-8-13-23(18-24)35-20-21-10-6-5-7-11-21/h5-8,10-11,13-16,18-19H,3-4,9,12,17,20H2,1-2H3,(H,31,32). The molecule has 0 aromatic heterocycles. The Bertz CT molecular complexity index is 1170. The molecule has 0 aliphatic rings. The van der Waals surface area contributed by atoms with Crippen LogP contribution in [-0.2, 0) is 27.4 Å². The van der Waals surface area contributed by atoms with Crippen LogP contribution in [0.4, 0.5) is 0 Å². The van der Waals surface area contributed by atoms with Crippen molar-refractivity contribution in [1.82, 2.24) is 0 Å². The first-order valence-corrected chi connectivity index (χ1v) is 13.2. The van der Waals surface area contributed by atoms with Gasteiger partial charge in [-0.05, 0) is 74.1 Å². The van der Waals surface area contributed by atoms with Gasteiger partial charge >= 0.3 is 11.9 Å². The molecular formula is C29H31ClO5S. The molecule has 0 bridgehead atoms. The molecule has 7 heteroatoms. The Kier molecular flexibility index (Phi) is 10.3. The maximum Gasteiger partial charge on any atom is 0.323 e. The van der Waals surface area contributed by atoms with Crippen LogP contribution in [0.25, 0.3) is 0 Å². The number of ether oxygens (including phenoxy) is 2. The third-order valence-corrected chi connectivity index (χ3v) is 7.37. The maximum atomic E-state index is 12.4. The van der Waals surface area contributed by atoms with E-state index in [9.17, 15) is 14.7 Å². The van der Waals surface area contributed by atoms with Gasteiger partial charge in [-0.1, -0.05) is 72.8 Å². The van der Waals surface area contributed by atoms with Gasteiger partial charge in [0.15, 0.2) is 5.41 Å². The Hall–Kier alpha value is -2.96. The number of aryl methyl sites for hydroxylation is 1. The lowest BCUT2D eigenvalue weighted by molar-refractivity contribution is -0.169. The van der Waals surface area contributed by atoms with Crippen molar-refractivity contribution < 1.29 is 24.2 Å². The van der Waals surface area contributed by atoms with Gasteiger partial charge in [0.05, 0.1) is 6.61 Å². The molecule has 0 aliphatic heterocycles. The summed E-state index contributed by atoms with van der Waals surface area (Å²) in [6, 6.07) is 23.8. The summed E-state index contributed by atoms with van der Waals surface area (Å²) in [7, 11) is 0. The van der Waals surface area contributed by atoms with Crippen molar-refractivity contribution >= 4 is 35.3 Å². The number of halogens is 1. The molecule has 0 saturated carbocycles. The molecule has 36 heavy (non-hydrogen) atoms. The predicted octanol–water partition coefficient (Wildman–Crippen LogP) is 7.44. The van der Waals surface area contributed by atoms with E-state index in [1.54, 1.807) is 25.6 Å². The lowest BCUT2D eigenvalue weighted by Crippen LogP contribution is -2.40. The topological polar surface area (TPSA) is 72.8 Å². The number of hydrogen-bond donors (Lipinski definition) is 1. The molecule has 0 heterocycles. The van der Waals surface area contributed by atoms with Crippen LogP contribution in [0.1, 0.15) is 44.2 Å². The van der Waals surface area contributed by atoms with E-state index < -0.39 is 17.4 Å². The van der Waals surface area contributed by atoms with E-state index in [0.29, 0.717) is 24.5 Å². The van der Waals surface area contributed by atoms with Gasteiger partial charge in [0.1, 0.15) is 12.4 Å². The molecule has 0 amide bonds. The van der Waals surface area contributed by atoms with Crippen molar-refractivity contribution in [3.05, 3.63) is 88.9 Å². The van der Waals surface area contributed by atoms with E-state index in [1.807, 2.05) is 72.8 Å². The predicted molar refractivity (Wildman–Crippen MR) is 143 cm³/mol. The van der Waals surface area contributed by atoms with Gasteiger partial charge in [0.2, 0.25) is 0 Å². The molecule has 190 valence electrons. The van der Waals surface area contributed by atoms with Gasteiger partial charge in [-0.25, -0.2) is 0 Å². The molecule has 0 fully saturated rings. The van der Waals surface area contributed by atoms with Crippen molar-refractivity contribution in [2.45, 2.75) is 55.9 Å². The second-order valence-electron chi connectivity index (χ2n) is 8.42. The zero-order valence-corrected chi connectivity index (χ0v) is 22.1. The fraction of sp³-hybridized carbons (Fsp3) is 0.310. The van der Waals surface area contributed by atoms with Gasteiger partial charge < -0.3 is 14.6 Å². The van der Waals surface area contributed by atoms with Crippen LogP contribution < -0.4 is 4.74 Å². The Morgan fingerprint density at radius 2 is 1.72 bits per heavy atom. The SMILES string of the molecule is CCOC(=O)C(CC)(CCCc1ccc(Sc2cccc(OCc3ccccc3)c2)cc1Cl)C(=O)O. The summed E-state index contributed by atoms with van der Waals surface area (Å²) >= 11 is 8.15. The Morgan fingerprint density at radius 3 is 2.39 bits per heavy atom. The van der Waals surface area contributed by atoms with Crippen LogP contribution in [0.15, 0.2) is 82.6 Å². The summed E-state index contributed by atoms with van der Waals surface area (Å²) in [5.74, 6) is -1.02. The van der Waals surface area contributed by atoms with Crippen molar-refractivity contribution in [3.8, 4) is 5.75 Å². The van der Waals surface area contributed by atoms with Crippen molar-refractivity contribution in [2.24, 2.45) is 5.41 Å². The third kappa shape index (κ3) is 7.28. The average molecular weight is 527 g/mol. The quantitative estimate of drug-likeness (QED) is 0.184. The van der Waals surface area contributed by atoms with Gasteiger partial charge in [-0.2, -0.15) is 0 Å². The minimum Gasteiger partial charge on any atom is -0.489 e. The molecule has 3 rings (SSSR count). The van der Waals surface area contributed by atoms with E-state index in [2.05, 4.69) is 0 Å². The van der Waals surface area contributed by atoms with Crippen LogP contribution in [0.3, 0.4) is 0 Å². The van der Waals surface area contributed by atoms with E-state index in [1.165, 1.54) is 0 Å². The van der Waals surface area contributed by atoms with Gasteiger partial charge in [0.25, 0.3) is 0 Å². The first-order valence-electron chi connectivity index (χ1n) is 12.0. The fourth-order valence-corrected chi connectivity index (χ4v) is 5.16. The van der Waals surface area contributed by atoms with Gasteiger partial charge in [-0.3, -0.25) is 9.59 Å². The number of carboxylic acids is 1. The molecule has 1 unspecified atom stereocenters. The fourth-order valence-electron chi connectivity index (χ4n) is 3.92. The Balaban J connectivity index is 1.60. The molecule has 0 aliphatic carbocycles. The summed E-state index contributed by atoms with van der Waals surface area (Å²) in [6.45, 7) is 4.03. The van der Waals surface area contributed by atoms with Crippen LogP contribution >= 0.6 is 23.4 Å². The Morgan fingerprint density at radius 1 is 0.972 bits per heavy atom. The lowest BCUT2D eigenvalue weighted by atomic mass is 9.80.